The first kappa shape index (κ1) is 20.7. The molecule has 0 radical (unpaired) electrons. The van der Waals surface area contributed by atoms with Gasteiger partial charge in [-0.2, -0.15) is 0 Å². The van der Waals surface area contributed by atoms with Gasteiger partial charge in [0.05, 0.1) is 11.7 Å². The summed E-state index contributed by atoms with van der Waals surface area (Å²) >= 11 is 0. The van der Waals surface area contributed by atoms with Crippen LogP contribution in [0.1, 0.15) is 31.0 Å². The maximum Gasteiger partial charge on any atom is 0.261 e. The highest BCUT2D eigenvalue weighted by Gasteiger charge is 2.32. The molecule has 1 aliphatic heterocycles. The van der Waals surface area contributed by atoms with Crippen LogP contribution in [0.3, 0.4) is 0 Å². The predicted molar refractivity (Wildman–Crippen MR) is 112 cm³/mol. The van der Waals surface area contributed by atoms with Gasteiger partial charge in [0.25, 0.3) is 5.91 Å². The van der Waals surface area contributed by atoms with Crippen LogP contribution in [0.25, 0.3) is 11.1 Å². The van der Waals surface area contributed by atoms with E-state index in [2.05, 4.69) is 9.97 Å². The van der Waals surface area contributed by atoms with Crippen molar-refractivity contribution < 1.29 is 18.3 Å². The third kappa shape index (κ3) is 4.63. The summed E-state index contributed by atoms with van der Waals surface area (Å²) < 4.78 is 33.1. The number of anilines is 1. The van der Waals surface area contributed by atoms with Crippen molar-refractivity contribution in [3.8, 4) is 16.9 Å². The summed E-state index contributed by atoms with van der Waals surface area (Å²) in [5.74, 6) is -0.537. The zero-order valence-electron chi connectivity index (χ0n) is 16.8. The van der Waals surface area contributed by atoms with Crippen LogP contribution in [0, 0.1) is 11.6 Å². The lowest BCUT2D eigenvalue weighted by Gasteiger charge is -2.36. The van der Waals surface area contributed by atoms with Gasteiger partial charge in [0.2, 0.25) is 5.95 Å². The number of nitrogens with two attached hydrogens (primary N) is 1. The summed E-state index contributed by atoms with van der Waals surface area (Å²) in [5, 5.41) is 0. The first-order valence-electron chi connectivity index (χ1n) is 10.1. The molecule has 1 atom stereocenters. The fourth-order valence-corrected chi connectivity index (χ4v) is 3.82. The molecule has 31 heavy (non-hydrogen) atoms. The molecule has 1 fully saturated rings. The quantitative estimate of drug-likeness (QED) is 0.666. The smallest absolute Gasteiger partial charge is 0.261 e. The number of hydrogen-bond donors (Lipinski definition) is 1. The summed E-state index contributed by atoms with van der Waals surface area (Å²) in [6, 6.07) is 11.5. The second-order valence-corrected chi connectivity index (χ2v) is 7.35. The molecule has 2 N–H and O–H groups in total. The van der Waals surface area contributed by atoms with Gasteiger partial charge in [-0.05, 0) is 49.6 Å². The van der Waals surface area contributed by atoms with Crippen LogP contribution in [0.15, 0.2) is 54.7 Å². The number of benzene rings is 2. The molecule has 3 aromatic rings. The number of nitrogen functional groups attached to an aromatic ring is 1. The van der Waals surface area contributed by atoms with E-state index in [1.165, 1.54) is 36.5 Å². The summed E-state index contributed by atoms with van der Waals surface area (Å²) in [5.41, 5.74) is 7.23. The molecule has 1 saturated heterocycles. The fourth-order valence-electron chi connectivity index (χ4n) is 3.82. The largest absolute Gasteiger partial charge is 0.484 e. The van der Waals surface area contributed by atoms with Gasteiger partial charge in [-0.1, -0.05) is 18.2 Å². The van der Waals surface area contributed by atoms with E-state index in [9.17, 15) is 13.6 Å². The van der Waals surface area contributed by atoms with E-state index < -0.39 is 5.82 Å². The second kappa shape index (κ2) is 9.07. The van der Waals surface area contributed by atoms with Crippen molar-refractivity contribution in [2.24, 2.45) is 0 Å². The van der Waals surface area contributed by atoms with E-state index in [1.54, 1.807) is 23.1 Å². The van der Waals surface area contributed by atoms with Crippen LogP contribution < -0.4 is 10.5 Å². The van der Waals surface area contributed by atoms with Crippen LogP contribution in [-0.2, 0) is 4.79 Å². The molecular weight excluding hydrogens is 402 g/mol. The Hall–Kier alpha value is -3.55. The van der Waals surface area contributed by atoms with E-state index in [-0.39, 0.29) is 30.3 Å². The van der Waals surface area contributed by atoms with E-state index in [0.717, 1.165) is 12.8 Å². The zero-order valence-corrected chi connectivity index (χ0v) is 16.8. The Morgan fingerprint density at radius 3 is 2.65 bits per heavy atom. The number of carbonyl (C=O) groups is 1. The van der Waals surface area contributed by atoms with Gasteiger partial charge in [-0.15, -0.1) is 0 Å². The minimum absolute atomic E-state index is 0.0654. The van der Waals surface area contributed by atoms with Crippen LogP contribution in [-0.4, -0.2) is 33.9 Å². The number of likely N-dealkylation sites (tertiary alicyclic amines) is 1. The van der Waals surface area contributed by atoms with Gasteiger partial charge in [0, 0.05) is 23.9 Å². The minimum atomic E-state index is -0.398. The average molecular weight is 424 g/mol. The van der Waals surface area contributed by atoms with Crippen molar-refractivity contribution in [1.82, 2.24) is 14.9 Å². The SMILES string of the molecule is Nc1ncc(-c2ccccc2F)c(C2CCCCN2C(=O)COc2ccc(F)cc2)n1. The number of ether oxygens (including phenoxy) is 1. The number of hydrogen-bond acceptors (Lipinski definition) is 5. The number of halogens is 2. The molecule has 1 amide bonds. The first-order valence-corrected chi connectivity index (χ1v) is 10.1. The van der Waals surface area contributed by atoms with Gasteiger partial charge < -0.3 is 15.4 Å². The van der Waals surface area contributed by atoms with Gasteiger partial charge >= 0.3 is 0 Å². The minimum Gasteiger partial charge on any atom is -0.484 e. The predicted octanol–water partition coefficient (Wildman–Crippen LogP) is 4.14. The highest BCUT2D eigenvalue weighted by Crippen LogP contribution is 2.36. The Balaban J connectivity index is 1.61. The van der Waals surface area contributed by atoms with Crippen molar-refractivity contribution in [1.29, 1.82) is 0 Å². The molecule has 8 heteroatoms. The van der Waals surface area contributed by atoms with E-state index in [4.69, 9.17) is 10.5 Å². The third-order valence-corrected chi connectivity index (χ3v) is 5.32. The maximum atomic E-state index is 14.5. The molecule has 2 heterocycles. The molecule has 1 aliphatic rings. The molecule has 1 aromatic heterocycles. The molecule has 6 nitrogen and oxygen atoms in total. The van der Waals surface area contributed by atoms with E-state index in [1.807, 2.05) is 0 Å². The Kier molecular flexibility index (Phi) is 6.06. The Labute approximate surface area is 178 Å². The van der Waals surface area contributed by atoms with Gasteiger partial charge in [0.1, 0.15) is 17.4 Å². The number of amides is 1. The first-order chi connectivity index (χ1) is 15.0. The Bertz CT molecular complexity index is 1080. The number of rotatable bonds is 5. The highest BCUT2D eigenvalue weighted by atomic mass is 19.1. The molecule has 160 valence electrons. The lowest BCUT2D eigenvalue weighted by molar-refractivity contribution is -0.137. The van der Waals surface area contributed by atoms with Gasteiger partial charge in [-0.3, -0.25) is 4.79 Å². The molecule has 1 unspecified atom stereocenters. The number of piperidine rings is 1. The lowest BCUT2D eigenvalue weighted by Crippen LogP contribution is -2.41. The fraction of sp³-hybridized carbons (Fsp3) is 0.261. The monoisotopic (exact) mass is 424 g/mol. The van der Waals surface area contributed by atoms with Gasteiger partial charge in [-0.25, -0.2) is 18.7 Å². The molecule has 2 aromatic carbocycles. The summed E-state index contributed by atoms with van der Waals surface area (Å²) in [4.78, 5) is 23.1. The standard InChI is InChI=1S/C23H22F2N4O2/c24-15-8-10-16(11-9-15)31-14-21(30)29-12-4-3-7-20(29)22-18(13-27-23(26)28-22)17-5-1-2-6-19(17)25/h1-2,5-6,8-11,13,20H,3-4,7,12,14H2,(H2,26,27,28). The van der Waals surface area contributed by atoms with E-state index in [0.29, 0.717) is 35.5 Å². The summed E-state index contributed by atoms with van der Waals surface area (Å²) in [7, 11) is 0. The number of carbonyl (C=O) groups excluding carboxylic acids is 1. The topological polar surface area (TPSA) is 81.3 Å². The summed E-state index contributed by atoms with van der Waals surface area (Å²) in [6.07, 6.45) is 3.91. The third-order valence-electron chi connectivity index (χ3n) is 5.32. The van der Waals surface area contributed by atoms with Crippen LogP contribution in [0.5, 0.6) is 5.75 Å². The molecular formula is C23H22F2N4O2. The van der Waals surface area contributed by atoms with Crippen molar-refractivity contribution >= 4 is 11.9 Å². The molecule has 0 aliphatic carbocycles. The van der Waals surface area contributed by atoms with E-state index >= 15 is 0 Å². The molecule has 0 bridgehead atoms. The van der Waals surface area contributed by atoms with Crippen LogP contribution in [0.4, 0.5) is 14.7 Å². The number of nitrogens with zero attached hydrogens (tertiary/aromatic N) is 3. The average Bonchev–Trinajstić information content (AvgIpc) is 2.79. The van der Waals surface area contributed by atoms with Crippen LogP contribution in [0.2, 0.25) is 0 Å². The lowest BCUT2D eigenvalue weighted by atomic mass is 9.93. The highest BCUT2D eigenvalue weighted by molar-refractivity contribution is 5.79. The zero-order chi connectivity index (χ0) is 21.8. The molecule has 0 saturated carbocycles. The van der Waals surface area contributed by atoms with Crippen molar-refractivity contribution in [2.45, 2.75) is 25.3 Å². The van der Waals surface area contributed by atoms with Crippen molar-refractivity contribution in [2.75, 3.05) is 18.9 Å². The summed E-state index contributed by atoms with van der Waals surface area (Å²) in [6.45, 7) is 0.328. The molecule has 0 spiro atoms. The maximum absolute atomic E-state index is 14.5. The number of aromatic nitrogens is 2. The second-order valence-electron chi connectivity index (χ2n) is 7.35. The normalized spacial score (nSPS) is 16.2. The van der Waals surface area contributed by atoms with Gasteiger partial charge in [0.15, 0.2) is 6.61 Å². The van der Waals surface area contributed by atoms with Crippen molar-refractivity contribution in [3.05, 3.63) is 72.1 Å². The van der Waals surface area contributed by atoms with Crippen molar-refractivity contribution in [3.63, 3.8) is 0 Å². The molecule has 4 rings (SSSR count). The van der Waals surface area contributed by atoms with Crippen LogP contribution >= 0.6 is 0 Å². The Morgan fingerprint density at radius 2 is 1.87 bits per heavy atom. The Morgan fingerprint density at radius 1 is 1.10 bits per heavy atom.